The highest BCUT2D eigenvalue weighted by Crippen LogP contribution is 2.25. The van der Waals surface area contributed by atoms with Crippen LogP contribution in [0.5, 0.6) is 0 Å². The third kappa shape index (κ3) is 3.70. The zero-order valence-corrected chi connectivity index (χ0v) is 18.0. The van der Waals surface area contributed by atoms with Crippen LogP contribution in [0.15, 0.2) is 84.5 Å². The minimum atomic E-state index is -0.176. The summed E-state index contributed by atoms with van der Waals surface area (Å²) in [6, 6.07) is 20.4. The minimum absolute atomic E-state index is 0.0984. The van der Waals surface area contributed by atoms with E-state index >= 15 is 0 Å². The van der Waals surface area contributed by atoms with E-state index in [-0.39, 0.29) is 11.7 Å². The summed E-state index contributed by atoms with van der Waals surface area (Å²) in [6.07, 6.45) is 3.21. The van der Waals surface area contributed by atoms with Gasteiger partial charge >= 0.3 is 0 Å². The van der Waals surface area contributed by atoms with E-state index < -0.39 is 0 Å². The Kier molecular flexibility index (Phi) is 5.09. The summed E-state index contributed by atoms with van der Waals surface area (Å²) in [5.41, 5.74) is 4.93. The van der Waals surface area contributed by atoms with Gasteiger partial charge in [-0.3, -0.25) is 9.59 Å². The second-order valence-corrected chi connectivity index (χ2v) is 8.28. The van der Waals surface area contributed by atoms with Crippen molar-refractivity contribution in [1.82, 2.24) is 14.6 Å². The number of carbonyl (C=O) groups excluding carboxylic acids is 2. The number of nitrogens with zero attached hydrogens (tertiary/aromatic N) is 3. The summed E-state index contributed by atoms with van der Waals surface area (Å²) in [7, 11) is 0. The maximum absolute atomic E-state index is 12.8. The summed E-state index contributed by atoms with van der Waals surface area (Å²) in [6.45, 7) is 1.98. The average molecular weight is 439 g/mol. The number of aryl methyl sites for hydroxylation is 1. The number of ketones is 1. The van der Waals surface area contributed by atoms with E-state index in [4.69, 9.17) is 0 Å². The Hall–Kier alpha value is -4.10. The molecule has 5 rings (SSSR count). The standard InChI is InChI=1S/C25H18N4O2S/c1-16-7-9-17(10-8-16)25(31)28-19-5-2-4-18(14-19)21-11-12-26-24-20(15-27-29(21)24)23(30)22-6-3-13-32-22/h2-15H,1H3,(H,28,31). The first-order chi connectivity index (χ1) is 15.6. The van der Waals surface area contributed by atoms with Gasteiger partial charge in [-0.05, 0) is 48.7 Å². The zero-order chi connectivity index (χ0) is 22.1. The molecule has 0 fully saturated rings. The Labute approximate surface area is 188 Å². The van der Waals surface area contributed by atoms with Crippen LogP contribution in [0.3, 0.4) is 0 Å². The molecule has 7 heteroatoms. The third-order valence-electron chi connectivity index (χ3n) is 5.12. The Morgan fingerprint density at radius 2 is 1.84 bits per heavy atom. The first-order valence-corrected chi connectivity index (χ1v) is 10.9. The van der Waals surface area contributed by atoms with Gasteiger partial charge in [0.15, 0.2) is 5.65 Å². The fourth-order valence-electron chi connectivity index (χ4n) is 3.48. The number of anilines is 1. The van der Waals surface area contributed by atoms with E-state index in [1.54, 1.807) is 35.1 Å². The molecular formula is C25H18N4O2S. The SMILES string of the molecule is Cc1ccc(C(=O)Nc2cccc(-c3ccnc4c(C(=O)c5cccs5)cnn34)c2)cc1. The Bertz CT molecular complexity index is 1440. The number of carbonyl (C=O) groups is 2. The van der Waals surface area contributed by atoms with Gasteiger partial charge < -0.3 is 5.32 Å². The van der Waals surface area contributed by atoms with Gasteiger partial charge in [0.2, 0.25) is 5.78 Å². The highest BCUT2D eigenvalue weighted by Gasteiger charge is 2.18. The maximum Gasteiger partial charge on any atom is 0.255 e. The molecule has 0 saturated heterocycles. The molecule has 3 heterocycles. The fraction of sp³-hybridized carbons (Fsp3) is 0.0400. The minimum Gasteiger partial charge on any atom is -0.322 e. The van der Waals surface area contributed by atoms with Crippen molar-refractivity contribution in [2.45, 2.75) is 6.92 Å². The predicted molar refractivity (Wildman–Crippen MR) is 125 cm³/mol. The second kappa shape index (κ2) is 8.20. The molecule has 0 aliphatic carbocycles. The first-order valence-electron chi connectivity index (χ1n) is 9.99. The van der Waals surface area contributed by atoms with E-state index in [1.165, 1.54) is 11.3 Å². The lowest BCUT2D eigenvalue weighted by Crippen LogP contribution is -2.11. The number of amides is 1. The van der Waals surface area contributed by atoms with Crippen molar-refractivity contribution in [3.63, 3.8) is 0 Å². The van der Waals surface area contributed by atoms with E-state index in [0.29, 0.717) is 27.3 Å². The number of aromatic nitrogens is 3. The lowest BCUT2D eigenvalue weighted by molar-refractivity contribution is 0.102. The van der Waals surface area contributed by atoms with Crippen molar-refractivity contribution < 1.29 is 9.59 Å². The number of benzene rings is 2. The lowest BCUT2D eigenvalue weighted by atomic mass is 10.1. The van der Waals surface area contributed by atoms with Crippen LogP contribution in [-0.4, -0.2) is 26.3 Å². The molecule has 0 unspecified atom stereocenters. The van der Waals surface area contributed by atoms with Crippen LogP contribution in [-0.2, 0) is 0 Å². The largest absolute Gasteiger partial charge is 0.322 e. The number of rotatable bonds is 5. The van der Waals surface area contributed by atoms with Crippen LogP contribution in [0, 0.1) is 6.92 Å². The molecule has 0 aliphatic heterocycles. The Morgan fingerprint density at radius 3 is 2.62 bits per heavy atom. The van der Waals surface area contributed by atoms with Crippen LogP contribution < -0.4 is 5.32 Å². The molecule has 3 aromatic heterocycles. The van der Waals surface area contributed by atoms with Gasteiger partial charge in [0.25, 0.3) is 5.91 Å². The van der Waals surface area contributed by atoms with Gasteiger partial charge in [0, 0.05) is 23.0 Å². The molecular weight excluding hydrogens is 420 g/mol. The van der Waals surface area contributed by atoms with Crippen molar-refractivity contribution in [2.75, 3.05) is 5.32 Å². The highest BCUT2D eigenvalue weighted by atomic mass is 32.1. The molecule has 0 radical (unpaired) electrons. The molecule has 0 aliphatic rings. The van der Waals surface area contributed by atoms with Crippen LogP contribution in [0.2, 0.25) is 0 Å². The summed E-state index contributed by atoms with van der Waals surface area (Å²) in [5.74, 6) is -0.274. The average Bonchev–Trinajstić information content (AvgIpc) is 3.49. The number of hydrogen-bond acceptors (Lipinski definition) is 5. The monoisotopic (exact) mass is 438 g/mol. The van der Waals surface area contributed by atoms with E-state index in [9.17, 15) is 9.59 Å². The topological polar surface area (TPSA) is 76.4 Å². The van der Waals surface area contributed by atoms with Gasteiger partial charge in [-0.25, -0.2) is 9.50 Å². The molecule has 1 N–H and O–H groups in total. The van der Waals surface area contributed by atoms with Crippen molar-refractivity contribution in [1.29, 1.82) is 0 Å². The molecule has 6 nitrogen and oxygen atoms in total. The third-order valence-corrected chi connectivity index (χ3v) is 5.99. The number of fused-ring (bicyclic) bond motifs is 1. The summed E-state index contributed by atoms with van der Waals surface area (Å²) >= 11 is 1.39. The van der Waals surface area contributed by atoms with E-state index in [1.807, 2.05) is 60.8 Å². The molecule has 1 amide bonds. The molecule has 0 bridgehead atoms. The van der Waals surface area contributed by atoms with Gasteiger partial charge in [-0.2, -0.15) is 5.10 Å². The van der Waals surface area contributed by atoms with Crippen molar-refractivity contribution in [3.8, 4) is 11.3 Å². The molecule has 2 aromatic carbocycles. The molecule has 0 saturated carbocycles. The molecule has 5 aromatic rings. The van der Waals surface area contributed by atoms with Gasteiger partial charge in [0.1, 0.15) is 0 Å². The van der Waals surface area contributed by atoms with Crippen molar-refractivity contribution in [2.24, 2.45) is 0 Å². The smallest absolute Gasteiger partial charge is 0.255 e. The van der Waals surface area contributed by atoms with Crippen molar-refractivity contribution >= 4 is 34.4 Å². The van der Waals surface area contributed by atoms with E-state index in [0.717, 1.165) is 16.8 Å². The van der Waals surface area contributed by atoms with Gasteiger partial charge in [0.05, 0.1) is 22.3 Å². The second-order valence-electron chi connectivity index (χ2n) is 7.33. The van der Waals surface area contributed by atoms with Crippen LogP contribution in [0.1, 0.15) is 31.2 Å². The van der Waals surface area contributed by atoms with Crippen LogP contribution in [0.25, 0.3) is 16.9 Å². The summed E-state index contributed by atoms with van der Waals surface area (Å²) in [5, 5.41) is 9.23. The summed E-state index contributed by atoms with van der Waals surface area (Å²) in [4.78, 5) is 30.5. The molecule has 32 heavy (non-hydrogen) atoms. The van der Waals surface area contributed by atoms with E-state index in [2.05, 4.69) is 15.4 Å². The Morgan fingerprint density at radius 1 is 1.00 bits per heavy atom. The van der Waals surface area contributed by atoms with Gasteiger partial charge in [-0.15, -0.1) is 11.3 Å². The van der Waals surface area contributed by atoms with Crippen LogP contribution >= 0.6 is 11.3 Å². The van der Waals surface area contributed by atoms with Crippen LogP contribution in [0.4, 0.5) is 5.69 Å². The molecule has 0 spiro atoms. The maximum atomic E-state index is 12.8. The Balaban J connectivity index is 1.47. The molecule has 0 atom stereocenters. The highest BCUT2D eigenvalue weighted by molar-refractivity contribution is 7.12. The normalized spacial score (nSPS) is 10.9. The first kappa shape index (κ1) is 19.8. The number of thiophene rings is 1. The fourth-order valence-corrected chi connectivity index (χ4v) is 4.15. The molecule has 156 valence electrons. The lowest BCUT2D eigenvalue weighted by Gasteiger charge is -2.09. The number of hydrogen-bond donors (Lipinski definition) is 1. The predicted octanol–water partition coefficient (Wildman–Crippen LogP) is 5.25. The number of nitrogens with one attached hydrogen (secondary N) is 1. The zero-order valence-electron chi connectivity index (χ0n) is 17.1. The van der Waals surface area contributed by atoms with Gasteiger partial charge in [-0.1, -0.05) is 35.9 Å². The quantitative estimate of drug-likeness (QED) is 0.380. The summed E-state index contributed by atoms with van der Waals surface area (Å²) < 4.78 is 1.65. The van der Waals surface area contributed by atoms with Crippen molar-refractivity contribution in [3.05, 3.63) is 106 Å².